The number of benzene rings is 1. The van der Waals surface area contributed by atoms with Crippen molar-refractivity contribution < 1.29 is 13.9 Å². The zero-order valence-corrected chi connectivity index (χ0v) is 10.5. The normalized spacial score (nSPS) is 16.6. The third-order valence-electron chi connectivity index (χ3n) is 3.31. The molecule has 3 nitrogen and oxygen atoms in total. The van der Waals surface area contributed by atoms with E-state index in [1.54, 1.807) is 13.0 Å². The Hall–Kier alpha value is -1.42. The maximum absolute atomic E-state index is 13.1. The van der Waals surface area contributed by atoms with Crippen LogP contribution in [0.25, 0.3) is 0 Å². The zero-order valence-electron chi connectivity index (χ0n) is 10.5. The van der Waals surface area contributed by atoms with E-state index in [1.807, 2.05) is 0 Å². The van der Waals surface area contributed by atoms with Crippen LogP contribution in [0.3, 0.4) is 0 Å². The van der Waals surface area contributed by atoms with Crippen molar-refractivity contribution in [2.24, 2.45) is 5.92 Å². The number of ether oxygens (including phenoxy) is 1. The Bertz CT molecular complexity index is 428. The van der Waals surface area contributed by atoms with Gasteiger partial charge in [0.05, 0.1) is 0 Å². The minimum absolute atomic E-state index is 0.135. The van der Waals surface area contributed by atoms with E-state index in [1.165, 1.54) is 12.1 Å². The predicted molar refractivity (Wildman–Crippen MR) is 67.0 cm³/mol. The van der Waals surface area contributed by atoms with Gasteiger partial charge in [-0.15, -0.1) is 0 Å². The van der Waals surface area contributed by atoms with Crippen LogP contribution in [-0.4, -0.2) is 25.7 Å². The van der Waals surface area contributed by atoms with Crippen LogP contribution in [0.4, 0.5) is 4.39 Å². The molecule has 1 N–H and O–H groups in total. The van der Waals surface area contributed by atoms with Crippen LogP contribution in [0.15, 0.2) is 18.2 Å². The van der Waals surface area contributed by atoms with E-state index in [0.717, 1.165) is 26.1 Å². The molecule has 0 aliphatic carbocycles. The molecule has 1 amide bonds. The van der Waals surface area contributed by atoms with Gasteiger partial charge in [0.2, 0.25) is 0 Å². The second kappa shape index (κ2) is 5.96. The molecule has 98 valence electrons. The highest BCUT2D eigenvalue weighted by molar-refractivity contribution is 5.94. The summed E-state index contributed by atoms with van der Waals surface area (Å²) in [6.07, 6.45) is 1.98. The largest absolute Gasteiger partial charge is 0.381 e. The maximum Gasteiger partial charge on any atom is 0.251 e. The van der Waals surface area contributed by atoms with Crippen LogP contribution in [0.5, 0.6) is 0 Å². The molecule has 0 saturated carbocycles. The average Bonchev–Trinajstić information content (AvgIpc) is 2.40. The SMILES string of the molecule is Cc1cc(C(=O)NCC2CCOCC2)ccc1F. The van der Waals surface area contributed by atoms with Crippen molar-refractivity contribution in [3.63, 3.8) is 0 Å². The van der Waals surface area contributed by atoms with Crippen molar-refractivity contribution in [3.8, 4) is 0 Å². The Morgan fingerprint density at radius 3 is 2.83 bits per heavy atom. The lowest BCUT2D eigenvalue weighted by Gasteiger charge is -2.22. The molecule has 1 heterocycles. The van der Waals surface area contributed by atoms with Crippen LogP contribution in [0, 0.1) is 18.7 Å². The van der Waals surface area contributed by atoms with Crippen molar-refractivity contribution in [1.82, 2.24) is 5.32 Å². The maximum atomic E-state index is 13.1. The van der Waals surface area contributed by atoms with Crippen LogP contribution in [0.1, 0.15) is 28.8 Å². The predicted octanol–water partition coefficient (Wildman–Crippen LogP) is 2.29. The van der Waals surface area contributed by atoms with E-state index in [2.05, 4.69) is 5.32 Å². The smallest absolute Gasteiger partial charge is 0.251 e. The van der Waals surface area contributed by atoms with Gasteiger partial charge in [-0.3, -0.25) is 4.79 Å². The molecule has 4 heteroatoms. The minimum Gasteiger partial charge on any atom is -0.381 e. The molecule has 0 spiro atoms. The minimum atomic E-state index is -0.282. The molecule has 0 radical (unpaired) electrons. The van der Waals surface area contributed by atoms with Crippen molar-refractivity contribution in [2.75, 3.05) is 19.8 Å². The second-order valence-corrected chi connectivity index (χ2v) is 4.73. The molecular weight excluding hydrogens is 233 g/mol. The third kappa shape index (κ3) is 3.29. The monoisotopic (exact) mass is 251 g/mol. The first-order valence-corrected chi connectivity index (χ1v) is 6.29. The first kappa shape index (κ1) is 13.0. The molecule has 1 aromatic carbocycles. The van der Waals surface area contributed by atoms with Gasteiger partial charge >= 0.3 is 0 Å². The number of nitrogens with one attached hydrogen (secondary N) is 1. The molecule has 1 aromatic rings. The number of hydrogen-bond acceptors (Lipinski definition) is 2. The highest BCUT2D eigenvalue weighted by Gasteiger charge is 2.15. The first-order valence-electron chi connectivity index (χ1n) is 6.29. The fourth-order valence-corrected chi connectivity index (χ4v) is 2.08. The van der Waals surface area contributed by atoms with Gasteiger partial charge in [-0.1, -0.05) is 0 Å². The Labute approximate surface area is 106 Å². The third-order valence-corrected chi connectivity index (χ3v) is 3.31. The molecule has 1 aliphatic rings. The van der Waals surface area contributed by atoms with Crippen LogP contribution >= 0.6 is 0 Å². The van der Waals surface area contributed by atoms with E-state index in [0.29, 0.717) is 23.6 Å². The van der Waals surface area contributed by atoms with Gasteiger partial charge in [0, 0.05) is 25.3 Å². The molecule has 0 bridgehead atoms. The molecule has 1 saturated heterocycles. The van der Waals surface area contributed by atoms with Gasteiger partial charge in [0.25, 0.3) is 5.91 Å². The Morgan fingerprint density at radius 2 is 2.17 bits per heavy atom. The Kier molecular flexibility index (Phi) is 4.31. The van der Waals surface area contributed by atoms with Crippen molar-refractivity contribution >= 4 is 5.91 Å². The summed E-state index contributed by atoms with van der Waals surface area (Å²) in [6, 6.07) is 4.43. The number of rotatable bonds is 3. The first-order chi connectivity index (χ1) is 8.66. The van der Waals surface area contributed by atoms with E-state index in [4.69, 9.17) is 4.74 Å². The molecule has 0 atom stereocenters. The molecule has 18 heavy (non-hydrogen) atoms. The van der Waals surface area contributed by atoms with E-state index < -0.39 is 0 Å². The van der Waals surface area contributed by atoms with Crippen molar-refractivity contribution in [3.05, 3.63) is 35.1 Å². The standard InChI is InChI=1S/C14H18FNO2/c1-10-8-12(2-3-13(10)15)14(17)16-9-11-4-6-18-7-5-11/h2-3,8,11H,4-7,9H2,1H3,(H,16,17). The fourth-order valence-electron chi connectivity index (χ4n) is 2.08. The lowest BCUT2D eigenvalue weighted by atomic mass is 10.0. The molecule has 0 aromatic heterocycles. The van der Waals surface area contributed by atoms with Gasteiger partial charge in [0.1, 0.15) is 5.82 Å². The molecule has 1 fully saturated rings. The molecule has 0 unspecified atom stereocenters. The van der Waals surface area contributed by atoms with Gasteiger partial charge in [-0.25, -0.2) is 4.39 Å². The van der Waals surface area contributed by atoms with Gasteiger partial charge in [0.15, 0.2) is 0 Å². The van der Waals surface area contributed by atoms with Crippen molar-refractivity contribution in [1.29, 1.82) is 0 Å². The molecule has 2 rings (SSSR count). The van der Waals surface area contributed by atoms with Crippen LogP contribution in [-0.2, 0) is 4.74 Å². The average molecular weight is 251 g/mol. The number of hydrogen-bond donors (Lipinski definition) is 1. The van der Waals surface area contributed by atoms with Crippen LogP contribution < -0.4 is 5.32 Å². The van der Waals surface area contributed by atoms with E-state index in [9.17, 15) is 9.18 Å². The number of amides is 1. The number of carbonyl (C=O) groups is 1. The summed E-state index contributed by atoms with van der Waals surface area (Å²) >= 11 is 0. The highest BCUT2D eigenvalue weighted by Crippen LogP contribution is 2.14. The molecule has 1 aliphatic heterocycles. The van der Waals surface area contributed by atoms with Gasteiger partial charge in [-0.05, 0) is 49.4 Å². The number of aryl methyl sites for hydroxylation is 1. The highest BCUT2D eigenvalue weighted by atomic mass is 19.1. The summed E-state index contributed by atoms with van der Waals surface area (Å²) in [6.45, 7) is 3.87. The Morgan fingerprint density at radius 1 is 1.44 bits per heavy atom. The lowest BCUT2D eigenvalue weighted by molar-refractivity contribution is 0.0642. The van der Waals surface area contributed by atoms with Gasteiger partial charge in [-0.2, -0.15) is 0 Å². The summed E-state index contributed by atoms with van der Waals surface area (Å²) in [4.78, 5) is 11.9. The van der Waals surface area contributed by atoms with Crippen molar-refractivity contribution in [2.45, 2.75) is 19.8 Å². The van der Waals surface area contributed by atoms with E-state index in [-0.39, 0.29) is 11.7 Å². The summed E-state index contributed by atoms with van der Waals surface area (Å²) in [5.41, 5.74) is 1.01. The van der Waals surface area contributed by atoms with Crippen LogP contribution in [0.2, 0.25) is 0 Å². The van der Waals surface area contributed by atoms with E-state index >= 15 is 0 Å². The summed E-state index contributed by atoms with van der Waals surface area (Å²) < 4.78 is 18.4. The Balaban J connectivity index is 1.88. The molecular formula is C14H18FNO2. The summed E-state index contributed by atoms with van der Waals surface area (Å²) in [5.74, 6) is 0.0739. The second-order valence-electron chi connectivity index (χ2n) is 4.73. The van der Waals surface area contributed by atoms with Gasteiger partial charge < -0.3 is 10.1 Å². The fraction of sp³-hybridized carbons (Fsp3) is 0.500. The summed E-state index contributed by atoms with van der Waals surface area (Å²) in [5, 5.41) is 2.90. The number of halogens is 1. The zero-order chi connectivity index (χ0) is 13.0. The topological polar surface area (TPSA) is 38.3 Å². The quantitative estimate of drug-likeness (QED) is 0.895. The number of carbonyl (C=O) groups excluding carboxylic acids is 1. The lowest BCUT2D eigenvalue weighted by Crippen LogP contribution is -2.32. The summed E-state index contributed by atoms with van der Waals surface area (Å²) in [7, 11) is 0.